The first-order valence-corrected chi connectivity index (χ1v) is 19.1. The molecule has 2 heteroatoms. The molecule has 0 aliphatic rings. The second-order valence-corrected chi connectivity index (χ2v) is 13.9. The molecule has 0 amide bonds. The van der Waals surface area contributed by atoms with Crippen LogP contribution in [0.5, 0.6) is 0 Å². The fourth-order valence-electron chi connectivity index (χ4n) is 7.35. The van der Waals surface area contributed by atoms with E-state index in [0.717, 1.165) is 33.6 Å². The molecule has 0 heterocycles. The van der Waals surface area contributed by atoms with Crippen molar-refractivity contribution in [1.82, 2.24) is 0 Å². The standard InChI is InChI=1S/C54H43NO/c1-40(26-35-50(43-16-6-2-7-17-43)44-18-8-3-9-19-44)49-36-37-54(52-25-15-14-24-51(49)52)55(48-33-29-42(39-56)30-34-48)47-31-27-41(28-32-47)38-53(45-20-10-4-11-21-45)46-22-12-5-13-23-46/h2-38,56H,39H2,1H3. The molecule has 0 bridgehead atoms. The van der Waals surface area contributed by atoms with Crippen molar-refractivity contribution < 1.29 is 5.11 Å². The normalized spacial score (nSPS) is 11.2. The molecule has 1 N–H and O–H groups in total. The lowest BCUT2D eigenvalue weighted by Gasteiger charge is -2.28. The summed E-state index contributed by atoms with van der Waals surface area (Å²) in [7, 11) is 0. The maximum Gasteiger partial charge on any atom is 0.0681 e. The summed E-state index contributed by atoms with van der Waals surface area (Å²) in [6.07, 6.45) is 6.76. The lowest BCUT2D eigenvalue weighted by Crippen LogP contribution is -2.11. The van der Waals surface area contributed by atoms with Gasteiger partial charge in [0, 0.05) is 16.8 Å². The highest BCUT2D eigenvalue weighted by molar-refractivity contribution is 6.04. The van der Waals surface area contributed by atoms with Crippen molar-refractivity contribution in [1.29, 1.82) is 0 Å². The lowest BCUT2D eigenvalue weighted by atomic mass is 9.94. The Labute approximate surface area is 330 Å². The van der Waals surface area contributed by atoms with E-state index in [-0.39, 0.29) is 6.61 Å². The predicted molar refractivity (Wildman–Crippen MR) is 238 cm³/mol. The van der Waals surface area contributed by atoms with E-state index in [1.165, 1.54) is 49.9 Å². The molecule has 0 spiro atoms. The van der Waals surface area contributed by atoms with Gasteiger partial charge in [-0.2, -0.15) is 0 Å². The minimum Gasteiger partial charge on any atom is -0.392 e. The monoisotopic (exact) mass is 721 g/mol. The number of nitrogens with zero attached hydrogens (tertiary/aromatic N) is 1. The van der Waals surface area contributed by atoms with E-state index in [1.807, 2.05) is 12.1 Å². The third-order valence-electron chi connectivity index (χ3n) is 10.2. The van der Waals surface area contributed by atoms with Crippen molar-refractivity contribution >= 4 is 50.6 Å². The third-order valence-corrected chi connectivity index (χ3v) is 10.2. The number of allylic oxidation sites excluding steroid dienone is 3. The maximum absolute atomic E-state index is 9.87. The molecule has 8 rings (SSSR count). The van der Waals surface area contributed by atoms with Gasteiger partial charge in [0.1, 0.15) is 0 Å². The summed E-state index contributed by atoms with van der Waals surface area (Å²) in [5.74, 6) is 0. The van der Waals surface area contributed by atoms with Gasteiger partial charge in [-0.1, -0.05) is 188 Å². The molecule has 8 aromatic rings. The van der Waals surface area contributed by atoms with Gasteiger partial charge in [-0.25, -0.2) is 0 Å². The molecule has 2 nitrogen and oxygen atoms in total. The van der Waals surface area contributed by atoms with Crippen molar-refractivity contribution in [3.8, 4) is 0 Å². The van der Waals surface area contributed by atoms with Gasteiger partial charge in [0.2, 0.25) is 0 Å². The predicted octanol–water partition coefficient (Wildman–Crippen LogP) is 13.9. The van der Waals surface area contributed by atoms with Crippen LogP contribution >= 0.6 is 0 Å². The van der Waals surface area contributed by atoms with Crippen molar-refractivity contribution in [2.45, 2.75) is 13.5 Å². The van der Waals surface area contributed by atoms with Gasteiger partial charge in [0.05, 0.1) is 12.3 Å². The van der Waals surface area contributed by atoms with Gasteiger partial charge in [0.15, 0.2) is 0 Å². The number of fused-ring (bicyclic) bond motifs is 1. The number of benzene rings is 8. The molecule has 0 fully saturated rings. The Morgan fingerprint density at radius 1 is 0.446 bits per heavy atom. The molecule has 56 heavy (non-hydrogen) atoms. The second-order valence-electron chi connectivity index (χ2n) is 13.9. The summed E-state index contributed by atoms with van der Waals surface area (Å²) < 4.78 is 0. The highest BCUT2D eigenvalue weighted by Crippen LogP contribution is 2.41. The zero-order valence-electron chi connectivity index (χ0n) is 31.5. The molecule has 270 valence electrons. The molecule has 0 radical (unpaired) electrons. The van der Waals surface area contributed by atoms with Crippen molar-refractivity contribution in [3.05, 3.63) is 257 Å². The van der Waals surface area contributed by atoms with E-state index in [1.54, 1.807) is 0 Å². The Balaban J connectivity index is 1.21. The van der Waals surface area contributed by atoms with Crippen LogP contribution in [0.2, 0.25) is 0 Å². The molecule has 8 aromatic carbocycles. The van der Waals surface area contributed by atoms with Crippen LogP contribution in [0.3, 0.4) is 0 Å². The summed E-state index contributed by atoms with van der Waals surface area (Å²) in [4.78, 5) is 2.32. The SMILES string of the molecule is CC(=CC=C(c1ccccc1)c1ccccc1)c1ccc(N(c2ccc(C=C(c3ccccc3)c3ccccc3)cc2)c2ccc(CO)cc2)c2ccccc12. The summed E-state index contributed by atoms with van der Waals surface area (Å²) in [5.41, 5.74) is 14.6. The Bertz CT molecular complexity index is 2540. The third kappa shape index (κ3) is 7.93. The van der Waals surface area contributed by atoms with Crippen molar-refractivity contribution in [3.63, 3.8) is 0 Å². The summed E-state index contributed by atoms with van der Waals surface area (Å²) >= 11 is 0. The van der Waals surface area contributed by atoms with Gasteiger partial charge in [0.25, 0.3) is 0 Å². The molecule has 0 saturated heterocycles. The van der Waals surface area contributed by atoms with Crippen LogP contribution in [0.25, 0.3) is 33.6 Å². The molecule has 0 saturated carbocycles. The van der Waals surface area contributed by atoms with Crippen LogP contribution in [0.4, 0.5) is 17.1 Å². The van der Waals surface area contributed by atoms with Crippen LogP contribution in [-0.4, -0.2) is 5.11 Å². The fourth-order valence-corrected chi connectivity index (χ4v) is 7.35. The van der Waals surface area contributed by atoms with Crippen LogP contribution in [0.15, 0.2) is 218 Å². The zero-order chi connectivity index (χ0) is 38.1. The van der Waals surface area contributed by atoms with Gasteiger partial charge in [-0.05, 0) is 104 Å². The highest BCUT2D eigenvalue weighted by Gasteiger charge is 2.18. The minimum absolute atomic E-state index is 0.000415. The summed E-state index contributed by atoms with van der Waals surface area (Å²) in [6, 6.07) is 72.4. The average Bonchev–Trinajstić information content (AvgIpc) is 3.27. The molecular weight excluding hydrogens is 679 g/mol. The Morgan fingerprint density at radius 2 is 0.893 bits per heavy atom. The minimum atomic E-state index is 0.000415. The molecular formula is C54H43NO. The van der Waals surface area contributed by atoms with E-state index in [0.29, 0.717) is 0 Å². The first kappa shape index (κ1) is 36.0. The van der Waals surface area contributed by atoms with E-state index in [4.69, 9.17) is 0 Å². The molecule has 0 aliphatic carbocycles. The number of aliphatic hydroxyl groups excluding tert-OH is 1. The molecule has 0 aromatic heterocycles. The first-order chi connectivity index (χ1) is 27.7. The first-order valence-electron chi connectivity index (χ1n) is 19.1. The fraction of sp³-hybridized carbons (Fsp3) is 0.0370. The second kappa shape index (κ2) is 17.0. The summed E-state index contributed by atoms with van der Waals surface area (Å²) in [5, 5.41) is 12.2. The molecule has 0 unspecified atom stereocenters. The van der Waals surface area contributed by atoms with Crippen LogP contribution < -0.4 is 4.90 Å². The quantitative estimate of drug-likeness (QED) is 0.106. The van der Waals surface area contributed by atoms with Crippen LogP contribution in [-0.2, 0) is 6.61 Å². The van der Waals surface area contributed by atoms with E-state index in [2.05, 4.69) is 224 Å². The highest BCUT2D eigenvalue weighted by atomic mass is 16.3. The number of rotatable bonds is 11. The maximum atomic E-state index is 9.87. The van der Waals surface area contributed by atoms with Gasteiger partial charge in [-0.3, -0.25) is 0 Å². The van der Waals surface area contributed by atoms with Crippen LogP contribution in [0.1, 0.15) is 45.9 Å². The van der Waals surface area contributed by atoms with Crippen molar-refractivity contribution in [2.75, 3.05) is 4.90 Å². The zero-order valence-corrected chi connectivity index (χ0v) is 31.5. The van der Waals surface area contributed by atoms with E-state index in [9.17, 15) is 5.11 Å². The Hall–Kier alpha value is -7.00. The lowest BCUT2D eigenvalue weighted by molar-refractivity contribution is 0.282. The van der Waals surface area contributed by atoms with Gasteiger partial charge in [-0.15, -0.1) is 0 Å². The Kier molecular flexibility index (Phi) is 10.9. The smallest absolute Gasteiger partial charge is 0.0681 e. The molecule has 0 atom stereocenters. The number of hydrogen-bond acceptors (Lipinski definition) is 2. The van der Waals surface area contributed by atoms with E-state index >= 15 is 0 Å². The topological polar surface area (TPSA) is 23.5 Å². The number of aliphatic hydroxyl groups is 1. The van der Waals surface area contributed by atoms with Gasteiger partial charge < -0.3 is 10.0 Å². The van der Waals surface area contributed by atoms with Crippen LogP contribution in [0, 0.1) is 0 Å². The summed E-state index contributed by atoms with van der Waals surface area (Å²) in [6.45, 7) is 2.20. The van der Waals surface area contributed by atoms with E-state index < -0.39 is 0 Å². The Morgan fingerprint density at radius 3 is 1.39 bits per heavy atom. The largest absolute Gasteiger partial charge is 0.392 e. The number of anilines is 3. The average molecular weight is 722 g/mol. The number of hydrogen-bond donors (Lipinski definition) is 1. The molecule has 0 aliphatic heterocycles. The van der Waals surface area contributed by atoms with Gasteiger partial charge >= 0.3 is 0 Å². The van der Waals surface area contributed by atoms with Crippen molar-refractivity contribution in [2.24, 2.45) is 0 Å².